The fraction of sp³-hybridized carbons (Fsp3) is 0.333. The van der Waals surface area contributed by atoms with Gasteiger partial charge in [0.25, 0.3) is 0 Å². The summed E-state index contributed by atoms with van der Waals surface area (Å²) in [5, 5.41) is 0. The topological polar surface area (TPSA) is 9.23 Å². The molecule has 0 saturated heterocycles. The largest absolute Gasteiger partial charge is 0.494 e. The van der Waals surface area contributed by atoms with Crippen LogP contribution in [0.1, 0.15) is 31.7 Å². The zero-order valence-electron chi connectivity index (χ0n) is 11.2. The second kappa shape index (κ2) is 10.6. The molecule has 1 atom stereocenters. The minimum absolute atomic E-state index is 0. The van der Waals surface area contributed by atoms with Gasteiger partial charge in [-0.25, -0.2) is 11.6 Å². The molecule has 1 aromatic rings. The number of allylic oxidation sites excluding steroid dienone is 4. The minimum atomic E-state index is 0. The summed E-state index contributed by atoms with van der Waals surface area (Å²) in [4.78, 5) is 0. The van der Waals surface area contributed by atoms with Crippen LogP contribution >= 0.6 is 24.8 Å². The van der Waals surface area contributed by atoms with Gasteiger partial charge in [0.05, 0.1) is 6.61 Å². The zero-order valence-corrected chi connectivity index (χ0v) is 14.4. The maximum Gasteiger partial charge on any atom is 0.122 e. The van der Waals surface area contributed by atoms with E-state index in [2.05, 4.69) is 37.3 Å². The Morgan fingerprint density at radius 1 is 1.26 bits per heavy atom. The molecular formula is C15H19Cl2OTi-. The number of halogens is 2. The van der Waals surface area contributed by atoms with E-state index in [1.165, 1.54) is 11.1 Å². The van der Waals surface area contributed by atoms with Crippen molar-refractivity contribution in [3.8, 4) is 5.75 Å². The molecule has 0 aliphatic heterocycles. The van der Waals surface area contributed by atoms with Crippen molar-refractivity contribution in [3.05, 3.63) is 53.6 Å². The second-order valence-electron chi connectivity index (χ2n) is 3.93. The molecule has 0 spiro atoms. The molecule has 4 heteroatoms. The molecule has 0 fully saturated rings. The van der Waals surface area contributed by atoms with Crippen LogP contribution in [-0.4, -0.2) is 6.61 Å². The number of benzene rings is 1. The molecule has 1 aliphatic rings. The Hall–Kier alpha value is -0.206. The third-order valence-corrected chi connectivity index (χ3v) is 2.87. The number of rotatable bonds is 4. The monoisotopic (exact) mass is 333 g/mol. The van der Waals surface area contributed by atoms with Crippen molar-refractivity contribution in [1.29, 1.82) is 0 Å². The van der Waals surface area contributed by atoms with E-state index in [4.69, 9.17) is 4.74 Å². The Labute approximate surface area is 143 Å². The van der Waals surface area contributed by atoms with E-state index < -0.39 is 0 Å². The van der Waals surface area contributed by atoms with E-state index in [1.807, 2.05) is 19.1 Å². The molecule has 19 heavy (non-hydrogen) atoms. The summed E-state index contributed by atoms with van der Waals surface area (Å²) in [5.41, 5.74) is 2.52. The Morgan fingerprint density at radius 2 is 1.95 bits per heavy atom. The Balaban J connectivity index is 0. The smallest absolute Gasteiger partial charge is 0.122 e. The molecular weight excluding hydrogens is 315 g/mol. The zero-order chi connectivity index (χ0) is 11.4. The van der Waals surface area contributed by atoms with Crippen molar-refractivity contribution < 1.29 is 26.5 Å². The Morgan fingerprint density at radius 3 is 2.53 bits per heavy atom. The minimum Gasteiger partial charge on any atom is -0.494 e. The molecule has 0 radical (unpaired) electrons. The molecule has 2 rings (SSSR count). The first-order valence-electron chi connectivity index (χ1n) is 5.82. The van der Waals surface area contributed by atoms with Gasteiger partial charge in [-0.3, -0.25) is 6.08 Å². The first-order chi connectivity index (χ1) is 7.83. The van der Waals surface area contributed by atoms with Crippen LogP contribution in [0.15, 0.2) is 42.0 Å². The molecule has 1 aliphatic carbocycles. The van der Waals surface area contributed by atoms with Crippen LogP contribution in [-0.2, 0) is 21.7 Å². The molecule has 0 bridgehead atoms. The van der Waals surface area contributed by atoms with E-state index in [0.29, 0.717) is 12.5 Å². The van der Waals surface area contributed by atoms with Crippen molar-refractivity contribution in [2.24, 2.45) is 0 Å². The van der Waals surface area contributed by atoms with Gasteiger partial charge in [0.2, 0.25) is 0 Å². The summed E-state index contributed by atoms with van der Waals surface area (Å²) in [5.74, 6) is 1.36. The van der Waals surface area contributed by atoms with Gasteiger partial charge in [0, 0.05) is 21.7 Å². The van der Waals surface area contributed by atoms with E-state index >= 15 is 0 Å². The molecule has 104 valence electrons. The van der Waals surface area contributed by atoms with Gasteiger partial charge in [-0.1, -0.05) is 25.1 Å². The molecule has 0 aromatic heterocycles. The average Bonchev–Trinajstić information content (AvgIpc) is 2.83. The summed E-state index contributed by atoms with van der Waals surface area (Å²) in [6.45, 7) is 4.93. The predicted molar refractivity (Wildman–Crippen MR) is 81.0 cm³/mol. The van der Waals surface area contributed by atoms with Crippen molar-refractivity contribution in [2.45, 2.75) is 26.2 Å². The molecule has 1 nitrogen and oxygen atoms in total. The predicted octanol–water partition coefficient (Wildman–Crippen LogP) is 4.72. The van der Waals surface area contributed by atoms with Crippen LogP contribution < -0.4 is 4.74 Å². The number of hydrogen-bond donors (Lipinski definition) is 0. The van der Waals surface area contributed by atoms with Crippen LogP contribution in [0.25, 0.3) is 0 Å². The summed E-state index contributed by atoms with van der Waals surface area (Å²) in [6, 6.07) is 8.25. The third-order valence-electron chi connectivity index (χ3n) is 2.87. The van der Waals surface area contributed by atoms with Crippen molar-refractivity contribution in [1.82, 2.24) is 0 Å². The third kappa shape index (κ3) is 5.35. The van der Waals surface area contributed by atoms with Crippen molar-refractivity contribution in [2.75, 3.05) is 6.61 Å². The van der Waals surface area contributed by atoms with Crippen LogP contribution in [0.3, 0.4) is 0 Å². The summed E-state index contributed by atoms with van der Waals surface area (Å²) in [6.07, 6.45) is 8.62. The van der Waals surface area contributed by atoms with E-state index in [-0.39, 0.29) is 46.5 Å². The maximum atomic E-state index is 5.65. The molecule has 0 amide bonds. The number of para-hydroxylation sites is 1. The maximum absolute atomic E-state index is 5.65. The Bertz CT molecular complexity index is 430. The van der Waals surface area contributed by atoms with Gasteiger partial charge in [0.1, 0.15) is 5.75 Å². The molecule has 0 heterocycles. The van der Waals surface area contributed by atoms with Gasteiger partial charge in [-0.2, -0.15) is 6.08 Å². The van der Waals surface area contributed by atoms with Crippen LogP contribution in [0.4, 0.5) is 0 Å². The van der Waals surface area contributed by atoms with E-state index in [0.717, 1.165) is 12.2 Å². The molecule has 0 N–H and O–H groups in total. The van der Waals surface area contributed by atoms with Crippen molar-refractivity contribution >= 4 is 24.8 Å². The summed E-state index contributed by atoms with van der Waals surface area (Å²) >= 11 is 0. The van der Waals surface area contributed by atoms with Gasteiger partial charge in [-0.05, 0) is 24.5 Å². The second-order valence-corrected chi connectivity index (χ2v) is 3.93. The first kappa shape index (κ1) is 21.1. The molecule has 0 saturated carbocycles. The molecule has 1 aromatic carbocycles. The summed E-state index contributed by atoms with van der Waals surface area (Å²) < 4.78 is 5.65. The average molecular weight is 334 g/mol. The standard InChI is InChI=1S/C15H17O.2ClH.Ti/c1-3-16-15-11-7-6-10-14(15)12(2)13-8-4-5-9-13;;;/h4,6-8,10-12H,3,5H2,1-2H3;2*1H;/q-1;;;. The summed E-state index contributed by atoms with van der Waals surface area (Å²) in [7, 11) is 0. The van der Waals surface area contributed by atoms with Crippen LogP contribution in [0.2, 0.25) is 0 Å². The normalized spacial score (nSPS) is 13.5. The quantitative estimate of drug-likeness (QED) is 0.572. The Kier molecular flexibility index (Phi) is 11.7. The van der Waals surface area contributed by atoms with Gasteiger partial charge < -0.3 is 4.74 Å². The SMILES string of the molecule is CCOc1ccccc1C(C)C1=[C-]CC=C1.Cl.Cl.[Ti]. The van der Waals surface area contributed by atoms with Crippen LogP contribution in [0.5, 0.6) is 5.75 Å². The fourth-order valence-electron chi connectivity index (χ4n) is 2.01. The fourth-order valence-corrected chi connectivity index (χ4v) is 2.01. The van der Waals surface area contributed by atoms with Crippen LogP contribution in [0, 0.1) is 6.08 Å². The van der Waals surface area contributed by atoms with Crippen molar-refractivity contribution in [3.63, 3.8) is 0 Å². The van der Waals surface area contributed by atoms with Gasteiger partial charge in [-0.15, -0.1) is 31.2 Å². The van der Waals surface area contributed by atoms with E-state index in [9.17, 15) is 0 Å². The number of hydrogen-bond acceptors (Lipinski definition) is 1. The number of ether oxygens (including phenoxy) is 1. The van der Waals surface area contributed by atoms with E-state index in [1.54, 1.807) is 0 Å². The van der Waals surface area contributed by atoms with Gasteiger partial charge >= 0.3 is 0 Å². The molecule has 1 unspecified atom stereocenters. The van der Waals surface area contributed by atoms with Gasteiger partial charge in [0.15, 0.2) is 0 Å². The first-order valence-corrected chi connectivity index (χ1v) is 5.82.